The fraction of sp³-hybridized carbons (Fsp3) is 0.583. The quantitative estimate of drug-likeness (QED) is 0.716. The molecule has 3 heteroatoms. The molecule has 2 heterocycles. The highest BCUT2D eigenvalue weighted by Gasteiger charge is 2.37. The first-order chi connectivity index (χ1) is 7.31. The van der Waals surface area contributed by atoms with E-state index >= 15 is 0 Å². The fourth-order valence-electron chi connectivity index (χ4n) is 2.95. The van der Waals surface area contributed by atoms with E-state index in [4.69, 9.17) is 11.6 Å². The Kier molecular flexibility index (Phi) is 2.41. The van der Waals surface area contributed by atoms with Gasteiger partial charge in [0.15, 0.2) is 0 Å². The average Bonchev–Trinajstić information content (AvgIpc) is 2.83. The lowest BCUT2D eigenvalue weighted by molar-refractivity contribution is 0.205. The SMILES string of the molecule is Clc1ccc(CN2CC3CCC2C3)cn1. The van der Waals surface area contributed by atoms with Crippen LogP contribution in [0.2, 0.25) is 5.15 Å². The second-order valence-electron chi connectivity index (χ2n) is 4.75. The maximum Gasteiger partial charge on any atom is 0.129 e. The molecule has 2 nitrogen and oxygen atoms in total. The summed E-state index contributed by atoms with van der Waals surface area (Å²) < 4.78 is 0. The zero-order valence-electron chi connectivity index (χ0n) is 8.69. The molecule has 2 fully saturated rings. The van der Waals surface area contributed by atoms with Gasteiger partial charge in [-0.2, -0.15) is 0 Å². The average molecular weight is 223 g/mol. The number of aromatic nitrogens is 1. The van der Waals surface area contributed by atoms with E-state index in [1.54, 1.807) is 0 Å². The first-order valence-corrected chi connectivity index (χ1v) is 6.03. The summed E-state index contributed by atoms with van der Waals surface area (Å²) >= 11 is 5.77. The molecule has 0 N–H and O–H groups in total. The molecule has 1 aromatic heterocycles. The summed E-state index contributed by atoms with van der Waals surface area (Å²) in [6, 6.07) is 4.80. The number of piperidine rings is 1. The molecule has 0 aromatic carbocycles. The van der Waals surface area contributed by atoms with Crippen LogP contribution in [0.1, 0.15) is 24.8 Å². The summed E-state index contributed by atoms with van der Waals surface area (Å²) in [6.07, 6.45) is 6.15. The molecular formula is C12H15ClN2. The summed E-state index contributed by atoms with van der Waals surface area (Å²) in [4.78, 5) is 6.72. The number of hydrogen-bond donors (Lipinski definition) is 0. The first kappa shape index (κ1) is 9.61. The minimum Gasteiger partial charge on any atom is -0.296 e. The van der Waals surface area contributed by atoms with Gasteiger partial charge in [0, 0.05) is 25.3 Å². The van der Waals surface area contributed by atoms with Crippen molar-refractivity contribution >= 4 is 11.6 Å². The minimum absolute atomic E-state index is 0.585. The third-order valence-electron chi connectivity index (χ3n) is 3.70. The Hall–Kier alpha value is -0.600. The standard InChI is InChI=1S/C12H15ClN2/c13-12-4-2-10(6-14-12)8-15-7-9-1-3-11(15)5-9/h2,4,6,9,11H,1,3,5,7-8H2. The lowest BCUT2D eigenvalue weighted by Crippen LogP contribution is -2.31. The van der Waals surface area contributed by atoms with Gasteiger partial charge < -0.3 is 0 Å². The summed E-state index contributed by atoms with van der Waals surface area (Å²) in [6.45, 7) is 2.33. The molecule has 2 bridgehead atoms. The molecule has 1 saturated heterocycles. The molecule has 3 rings (SSSR count). The number of pyridine rings is 1. The molecule has 1 aromatic rings. The molecule has 80 valence electrons. The number of nitrogens with zero attached hydrogens (tertiary/aromatic N) is 2. The summed E-state index contributed by atoms with van der Waals surface area (Å²) in [5.41, 5.74) is 1.28. The number of rotatable bonds is 2. The first-order valence-electron chi connectivity index (χ1n) is 5.66. The van der Waals surface area contributed by atoms with Crippen LogP contribution in [0.25, 0.3) is 0 Å². The van der Waals surface area contributed by atoms with E-state index in [0.717, 1.165) is 18.5 Å². The van der Waals surface area contributed by atoms with Gasteiger partial charge in [0.1, 0.15) is 5.15 Å². The summed E-state index contributed by atoms with van der Waals surface area (Å²) in [7, 11) is 0. The number of likely N-dealkylation sites (tertiary alicyclic amines) is 1. The zero-order chi connectivity index (χ0) is 10.3. The second-order valence-corrected chi connectivity index (χ2v) is 5.14. The van der Waals surface area contributed by atoms with E-state index in [0.29, 0.717) is 5.15 Å². The van der Waals surface area contributed by atoms with Crippen molar-refractivity contribution in [1.82, 2.24) is 9.88 Å². The van der Waals surface area contributed by atoms with Crippen molar-refractivity contribution in [2.45, 2.75) is 31.8 Å². The van der Waals surface area contributed by atoms with Crippen LogP contribution >= 0.6 is 11.6 Å². The maximum atomic E-state index is 5.77. The van der Waals surface area contributed by atoms with Gasteiger partial charge in [0.2, 0.25) is 0 Å². The van der Waals surface area contributed by atoms with Crippen molar-refractivity contribution < 1.29 is 0 Å². The topological polar surface area (TPSA) is 16.1 Å². The monoisotopic (exact) mass is 222 g/mol. The Morgan fingerprint density at radius 3 is 2.93 bits per heavy atom. The van der Waals surface area contributed by atoms with Crippen LogP contribution in [0.15, 0.2) is 18.3 Å². The van der Waals surface area contributed by atoms with Crippen LogP contribution < -0.4 is 0 Å². The van der Waals surface area contributed by atoms with Crippen LogP contribution in [0, 0.1) is 5.92 Å². The molecule has 0 amide bonds. The molecule has 1 saturated carbocycles. The van der Waals surface area contributed by atoms with E-state index in [2.05, 4.69) is 16.0 Å². The van der Waals surface area contributed by atoms with Gasteiger partial charge in [-0.15, -0.1) is 0 Å². The maximum absolute atomic E-state index is 5.77. The molecule has 2 aliphatic rings. The summed E-state index contributed by atoms with van der Waals surface area (Å²) in [5.74, 6) is 0.968. The van der Waals surface area contributed by atoms with Gasteiger partial charge in [-0.25, -0.2) is 4.98 Å². The molecule has 1 aliphatic carbocycles. The van der Waals surface area contributed by atoms with Crippen molar-refractivity contribution in [2.75, 3.05) is 6.54 Å². The van der Waals surface area contributed by atoms with E-state index in [9.17, 15) is 0 Å². The lowest BCUT2D eigenvalue weighted by atomic mass is 10.1. The van der Waals surface area contributed by atoms with Crippen molar-refractivity contribution in [2.24, 2.45) is 5.92 Å². The molecule has 2 atom stereocenters. The Morgan fingerprint density at radius 1 is 1.40 bits per heavy atom. The summed E-state index contributed by atoms with van der Waals surface area (Å²) in [5, 5.41) is 0.585. The Balaban J connectivity index is 1.68. The third kappa shape index (κ3) is 1.88. The largest absolute Gasteiger partial charge is 0.296 e. The normalized spacial score (nSPS) is 29.9. The van der Waals surface area contributed by atoms with Crippen LogP contribution in [-0.4, -0.2) is 22.5 Å². The predicted octanol–water partition coefficient (Wildman–Crippen LogP) is 2.72. The molecule has 15 heavy (non-hydrogen) atoms. The van der Waals surface area contributed by atoms with Crippen molar-refractivity contribution in [1.29, 1.82) is 0 Å². The Morgan fingerprint density at radius 2 is 2.33 bits per heavy atom. The Bertz CT molecular complexity index is 349. The van der Waals surface area contributed by atoms with Gasteiger partial charge in [0.25, 0.3) is 0 Å². The highest BCUT2D eigenvalue weighted by Crippen LogP contribution is 2.37. The second kappa shape index (κ2) is 3.76. The van der Waals surface area contributed by atoms with Gasteiger partial charge in [-0.3, -0.25) is 4.90 Å². The van der Waals surface area contributed by atoms with Gasteiger partial charge in [-0.05, 0) is 36.8 Å². The van der Waals surface area contributed by atoms with Crippen molar-refractivity contribution in [3.8, 4) is 0 Å². The van der Waals surface area contributed by atoms with E-state index in [1.165, 1.54) is 31.4 Å². The number of halogens is 1. The smallest absolute Gasteiger partial charge is 0.129 e. The third-order valence-corrected chi connectivity index (χ3v) is 3.92. The lowest BCUT2D eigenvalue weighted by Gasteiger charge is -2.26. The van der Waals surface area contributed by atoms with Gasteiger partial charge >= 0.3 is 0 Å². The Labute approximate surface area is 95.3 Å². The van der Waals surface area contributed by atoms with Crippen molar-refractivity contribution in [3.63, 3.8) is 0 Å². The molecule has 0 radical (unpaired) electrons. The molecular weight excluding hydrogens is 208 g/mol. The van der Waals surface area contributed by atoms with Crippen LogP contribution in [-0.2, 0) is 6.54 Å². The van der Waals surface area contributed by atoms with E-state index in [1.807, 2.05) is 12.3 Å². The highest BCUT2D eigenvalue weighted by molar-refractivity contribution is 6.29. The predicted molar refractivity (Wildman–Crippen MR) is 60.8 cm³/mol. The van der Waals surface area contributed by atoms with Crippen LogP contribution in [0.4, 0.5) is 0 Å². The number of hydrogen-bond acceptors (Lipinski definition) is 2. The van der Waals surface area contributed by atoms with Crippen molar-refractivity contribution in [3.05, 3.63) is 29.0 Å². The van der Waals surface area contributed by atoms with Gasteiger partial charge in [0.05, 0.1) is 0 Å². The highest BCUT2D eigenvalue weighted by atomic mass is 35.5. The minimum atomic E-state index is 0.585. The van der Waals surface area contributed by atoms with E-state index < -0.39 is 0 Å². The number of fused-ring (bicyclic) bond motifs is 2. The molecule has 1 aliphatic heterocycles. The molecule has 0 spiro atoms. The van der Waals surface area contributed by atoms with Crippen LogP contribution in [0.5, 0.6) is 0 Å². The fourth-order valence-corrected chi connectivity index (χ4v) is 3.07. The van der Waals surface area contributed by atoms with E-state index in [-0.39, 0.29) is 0 Å². The molecule has 2 unspecified atom stereocenters. The zero-order valence-corrected chi connectivity index (χ0v) is 9.45. The van der Waals surface area contributed by atoms with Crippen LogP contribution in [0.3, 0.4) is 0 Å². The van der Waals surface area contributed by atoms with Gasteiger partial charge in [-0.1, -0.05) is 17.7 Å².